The molecule has 0 aliphatic heterocycles. The monoisotopic (exact) mass is 235 g/mol. The molecule has 2 nitrogen and oxygen atoms in total. The zero-order valence-corrected chi connectivity index (χ0v) is 11.5. The van der Waals surface area contributed by atoms with Gasteiger partial charge in [-0.3, -0.25) is 0 Å². The third-order valence-electron chi connectivity index (χ3n) is 2.75. The van der Waals surface area contributed by atoms with Crippen molar-refractivity contribution in [2.45, 2.75) is 52.7 Å². The van der Waals surface area contributed by atoms with Gasteiger partial charge in [0.25, 0.3) is 0 Å². The largest absolute Gasteiger partial charge is 0.491 e. The second kappa shape index (κ2) is 7.33. The molecule has 0 fully saturated rings. The fraction of sp³-hybridized carbons (Fsp3) is 0.600. The summed E-state index contributed by atoms with van der Waals surface area (Å²) >= 11 is 0. The second-order valence-corrected chi connectivity index (χ2v) is 4.83. The lowest BCUT2D eigenvalue weighted by Gasteiger charge is -2.16. The van der Waals surface area contributed by atoms with Gasteiger partial charge in [-0.05, 0) is 44.0 Å². The molecule has 0 aromatic heterocycles. The molecule has 0 aliphatic carbocycles. The Morgan fingerprint density at radius 3 is 2.65 bits per heavy atom. The van der Waals surface area contributed by atoms with E-state index in [0.717, 1.165) is 25.1 Å². The molecule has 0 heterocycles. The maximum atomic E-state index is 5.90. The number of hydrogen-bond donors (Lipinski definition) is 1. The summed E-state index contributed by atoms with van der Waals surface area (Å²) in [6.45, 7) is 9.62. The highest BCUT2D eigenvalue weighted by atomic mass is 16.5. The lowest BCUT2D eigenvalue weighted by molar-refractivity contribution is 0.208. The maximum Gasteiger partial charge on any atom is 0.119 e. The van der Waals surface area contributed by atoms with Crippen LogP contribution in [0.4, 0.5) is 0 Å². The van der Waals surface area contributed by atoms with E-state index in [1.165, 1.54) is 5.56 Å². The van der Waals surface area contributed by atoms with E-state index in [4.69, 9.17) is 4.74 Å². The molecule has 0 spiro atoms. The SMILES string of the molecule is CCc1cccc(OC(C)CCNC(C)C)c1. The molecule has 0 saturated carbocycles. The highest BCUT2D eigenvalue weighted by Crippen LogP contribution is 2.16. The van der Waals surface area contributed by atoms with E-state index in [0.29, 0.717) is 6.04 Å². The Morgan fingerprint density at radius 1 is 1.24 bits per heavy atom. The highest BCUT2D eigenvalue weighted by Gasteiger charge is 2.04. The van der Waals surface area contributed by atoms with Crippen molar-refractivity contribution in [3.05, 3.63) is 29.8 Å². The third kappa shape index (κ3) is 5.73. The Labute approximate surface area is 105 Å². The molecule has 0 radical (unpaired) electrons. The lowest BCUT2D eigenvalue weighted by atomic mass is 10.1. The van der Waals surface area contributed by atoms with Crippen molar-refractivity contribution in [3.63, 3.8) is 0 Å². The molecular formula is C15H25NO. The average molecular weight is 235 g/mol. The minimum atomic E-state index is 0.258. The molecule has 17 heavy (non-hydrogen) atoms. The quantitative estimate of drug-likeness (QED) is 0.782. The molecule has 1 aromatic rings. The summed E-state index contributed by atoms with van der Waals surface area (Å²) in [7, 11) is 0. The first-order valence-corrected chi connectivity index (χ1v) is 6.60. The van der Waals surface area contributed by atoms with Gasteiger partial charge in [0.1, 0.15) is 5.75 Å². The van der Waals surface area contributed by atoms with Crippen LogP contribution in [0.15, 0.2) is 24.3 Å². The van der Waals surface area contributed by atoms with Gasteiger partial charge in [-0.2, -0.15) is 0 Å². The van der Waals surface area contributed by atoms with Crippen LogP contribution in [0, 0.1) is 0 Å². The van der Waals surface area contributed by atoms with E-state index in [2.05, 4.69) is 51.2 Å². The molecule has 1 aromatic carbocycles. The van der Waals surface area contributed by atoms with Crippen molar-refractivity contribution in [3.8, 4) is 5.75 Å². The van der Waals surface area contributed by atoms with Gasteiger partial charge < -0.3 is 10.1 Å². The fourth-order valence-corrected chi connectivity index (χ4v) is 1.71. The van der Waals surface area contributed by atoms with Crippen LogP contribution in [0.1, 0.15) is 39.7 Å². The Bertz CT molecular complexity index is 322. The molecule has 1 N–H and O–H groups in total. The van der Waals surface area contributed by atoms with E-state index < -0.39 is 0 Å². The number of rotatable bonds is 7. The van der Waals surface area contributed by atoms with E-state index in [1.807, 2.05) is 6.07 Å². The Morgan fingerprint density at radius 2 is 2.00 bits per heavy atom. The number of ether oxygens (including phenoxy) is 1. The fourth-order valence-electron chi connectivity index (χ4n) is 1.71. The normalized spacial score (nSPS) is 12.8. The highest BCUT2D eigenvalue weighted by molar-refractivity contribution is 5.28. The predicted molar refractivity (Wildman–Crippen MR) is 73.7 cm³/mol. The zero-order valence-electron chi connectivity index (χ0n) is 11.5. The van der Waals surface area contributed by atoms with Gasteiger partial charge in [0.15, 0.2) is 0 Å². The topological polar surface area (TPSA) is 21.3 Å². The third-order valence-corrected chi connectivity index (χ3v) is 2.75. The van der Waals surface area contributed by atoms with Gasteiger partial charge in [-0.25, -0.2) is 0 Å². The lowest BCUT2D eigenvalue weighted by Crippen LogP contribution is -2.27. The number of nitrogens with one attached hydrogen (secondary N) is 1. The molecule has 0 amide bonds. The van der Waals surface area contributed by atoms with Gasteiger partial charge in [0.05, 0.1) is 6.10 Å². The van der Waals surface area contributed by atoms with Crippen LogP contribution < -0.4 is 10.1 Å². The van der Waals surface area contributed by atoms with Crippen molar-refractivity contribution in [2.75, 3.05) is 6.54 Å². The molecule has 96 valence electrons. The molecule has 0 bridgehead atoms. The van der Waals surface area contributed by atoms with E-state index in [1.54, 1.807) is 0 Å². The van der Waals surface area contributed by atoms with Crippen LogP contribution in [0.3, 0.4) is 0 Å². The summed E-state index contributed by atoms with van der Waals surface area (Å²) in [6.07, 6.45) is 2.35. The van der Waals surface area contributed by atoms with Crippen molar-refractivity contribution >= 4 is 0 Å². The standard InChI is InChI=1S/C15H25NO/c1-5-14-7-6-8-15(11-14)17-13(4)9-10-16-12(2)3/h6-8,11-13,16H,5,9-10H2,1-4H3. The maximum absolute atomic E-state index is 5.90. The Balaban J connectivity index is 2.36. The first-order valence-electron chi connectivity index (χ1n) is 6.60. The molecule has 1 unspecified atom stereocenters. The van der Waals surface area contributed by atoms with Crippen LogP contribution >= 0.6 is 0 Å². The molecular weight excluding hydrogens is 210 g/mol. The van der Waals surface area contributed by atoms with Gasteiger partial charge in [-0.1, -0.05) is 32.9 Å². The van der Waals surface area contributed by atoms with Gasteiger partial charge in [-0.15, -0.1) is 0 Å². The molecule has 0 saturated heterocycles. The van der Waals surface area contributed by atoms with E-state index in [9.17, 15) is 0 Å². The summed E-state index contributed by atoms with van der Waals surface area (Å²) in [5.74, 6) is 0.987. The Hall–Kier alpha value is -1.02. The van der Waals surface area contributed by atoms with Crippen LogP contribution in [-0.4, -0.2) is 18.7 Å². The number of hydrogen-bond acceptors (Lipinski definition) is 2. The van der Waals surface area contributed by atoms with Crippen molar-refractivity contribution < 1.29 is 4.74 Å². The Kier molecular flexibility index (Phi) is 6.06. The van der Waals surface area contributed by atoms with Crippen molar-refractivity contribution in [1.29, 1.82) is 0 Å². The van der Waals surface area contributed by atoms with E-state index >= 15 is 0 Å². The van der Waals surface area contributed by atoms with Gasteiger partial charge in [0.2, 0.25) is 0 Å². The minimum absolute atomic E-state index is 0.258. The van der Waals surface area contributed by atoms with Gasteiger partial charge in [0, 0.05) is 6.04 Å². The predicted octanol–water partition coefficient (Wildman–Crippen LogP) is 3.40. The summed E-state index contributed by atoms with van der Waals surface area (Å²) in [4.78, 5) is 0. The number of aryl methyl sites for hydroxylation is 1. The first-order chi connectivity index (χ1) is 8.11. The second-order valence-electron chi connectivity index (χ2n) is 4.83. The summed E-state index contributed by atoms with van der Waals surface area (Å²) < 4.78 is 5.90. The van der Waals surface area contributed by atoms with Crippen molar-refractivity contribution in [2.24, 2.45) is 0 Å². The van der Waals surface area contributed by atoms with Crippen LogP contribution in [-0.2, 0) is 6.42 Å². The molecule has 2 heteroatoms. The molecule has 1 atom stereocenters. The van der Waals surface area contributed by atoms with Crippen LogP contribution in [0.2, 0.25) is 0 Å². The summed E-state index contributed by atoms with van der Waals surface area (Å²) in [5, 5.41) is 3.40. The van der Waals surface area contributed by atoms with Gasteiger partial charge >= 0.3 is 0 Å². The molecule has 1 rings (SSSR count). The van der Waals surface area contributed by atoms with Crippen LogP contribution in [0.25, 0.3) is 0 Å². The summed E-state index contributed by atoms with van der Waals surface area (Å²) in [5.41, 5.74) is 1.33. The average Bonchev–Trinajstić information content (AvgIpc) is 2.28. The zero-order chi connectivity index (χ0) is 12.7. The molecule has 0 aliphatic rings. The smallest absolute Gasteiger partial charge is 0.119 e. The summed E-state index contributed by atoms with van der Waals surface area (Å²) in [6, 6.07) is 8.91. The number of benzene rings is 1. The first kappa shape index (κ1) is 14.0. The van der Waals surface area contributed by atoms with Crippen molar-refractivity contribution in [1.82, 2.24) is 5.32 Å². The van der Waals surface area contributed by atoms with E-state index in [-0.39, 0.29) is 6.10 Å². The minimum Gasteiger partial charge on any atom is -0.491 e. The van der Waals surface area contributed by atoms with Crippen LogP contribution in [0.5, 0.6) is 5.75 Å².